The molecular formula is C28H29N3O6. The van der Waals surface area contributed by atoms with E-state index in [-0.39, 0.29) is 18.4 Å². The van der Waals surface area contributed by atoms with E-state index in [1.807, 2.05) is 45.9 Å². The van der Waals surface area contributed by atoms with Gasteiger partial charge in [-0.05, 0) is 70.5 Å². The summed E-state index contributed by atoms with van der Waals surface area (Å²) in [7, 11) is 0. The van der Waals surface area contributed by atoms with Crippen LogP contribution < -0.4 is 14.8 Å². The van der Waals surface area contributed by atoms with Gasteiger partial charge in [0.15, 0.2) is 11.4 Å². The Morgan fingerprint density at radius 2 is 1.84 bits per heavy atom. The molecule has 2 aromatic carbocycles. The minimum atomic E-state index is -0.572. The van der Waals surface area contributed by atoms with E-state index in [0.717, 1.165) is 5.56 Å². The van der Waals surface area contributed by atoms with Gasteiger partial charge < -0.3 is 23.9 Å². The molecule has 0 bridgehead atoms. The number of oxazole rings is 1. The summed E-state index contributed by atoms with van der Waals surface area (Å²) in [5, 5.41) is 2.83. The van der Waals surface area contributed by atoms with Gasteiger partial charge in [0.1, 0.15) is 29.2 Å². The number of pyridine rings is 1. The summed E-state index contributed by atoms with van der Waals surface area (Å²) in [6.45, 7) is 8.79. The third-order valence-corrected chi connectivity index (χ3v) is 5.10. The van der Waals surface area contributed by atoms with Crippen molar-refractivity contribution in [3.8, 4) is 28.8 Å². The number of carbonyl (C=O) groups is 2. The number of ether oxygens (including phenoxy) is 3. The molecular weight excluding hydrogens is 474 g/mol. The minimum absolute atomic E-state index is 0.00155. The van der Waals surface area contributed by atoms with Crippen molar-refractivity contribution in [1.82, 2.24) is 15.3 Å². The zero-order chi connectivity index (χ0) is 26.6. The molecule has 9 nitrogen and oxygen atoms in total. The molecule has 0 saturated carbocycles. The number of hydrogen-bond acceptors (Lipinski definition) is 8. The second-order valence-corrected chi connectivity index (χ2v) is 9.57. The Kier molecular flexibility index (Phi) is 7.42. The molecule has 1 atom stereocenters. The minimum Gasteiger partial charge on any atom is -0.486 e. The SMILES string of the molecule is CC(=O)COc1cccc(Oc2ccc(-c3nc4ccc(C(C)NC(=O)OC(C)(C)C)cc4o3)cn2)c1. The van der Waals surface area contributed by atoms with Crippen LogP contribution in [0.5, 0.6) is 17.4 Å². The highest BCUT2D eigenvalue weighted by Crippen LogP contribution is 2.29. The number of Topliss-reactive ketones (excluding diaryl/α,β-unsaturated/α-hetero) is 1. The van der Waals surface area contributed by atoms with E-state index in [0.29, 0.717) is 39.9 Å². The van der Waals surface area contributed by atoms with E-state index in [1.165, 1.54) is 6.92 Å². The van der Waals surface area contributed by atoms with Crippen molar-refractivity contribution in [3.05, 3.63) is 66.4 Å². The normalized spacial score (nSPS) is 12.1. The van der Waals surface area contributed by atoms with Crippen LogP contribution in [-0.4, -0.2) is 34.1 Å². The van der Waals surface area contributed by atoms with Crippen LogP contribution in [0.1, 0.15) is 46.2 Å². The number of alkyl carbamates (subject to hydrolysis) is 1. The molecule has 0 spiro atoms. The lowest BCUT2D eigenvalue weighted by molar-refractivity contribution is -0.118. The van der Waals surface area contributed by atoms with Crippen LogP contribution in [0.3, 0.4) is 0 Å². The summed E-state index contributed by atoms with van der Waals surface area (Å²) in [6, 6.07) is 15.8. The van der Waals surface area contributed by atoms with E-state index in [2.05, 4.69) is 15.3 Å². The van der Waals surface area contributed by atoms with E-state index >= 15 is 0 Å². The van der Waals surface area contributed by atoms with E-state index in [1.54, 1.807) is 42.6 Å². The van der Waals surface area contributed by atoms with Gasteiger partial charge in [-0.1, -0.05) is 12.1 Å². The van der Waals surface area contributed by atoms with E-state index in [4.69, 9.17) is 18.6 Å². The zero-order valence-corrected chi connectivity index (χ0v) is 21.4. The molecule has 2 heterocycles. The van der Waals surface area contributed by atoms with Gasteiger partial charge in [0.25, 0.3) is 0 Å². The molecule has 0 aliphatic rings. The molecule has 0 aliphatic heterocycles. The first-order chi connectivity index (χ1) is 17.6. The van der Waals surface area contributed by atoms with Crippen LogP contribution >= 0.6 is 0 Å². The molecule has 1 amide bonds. The summed E-state index contributed by atoms with van der Waals surface area (Å²) in [4.78, 5) is 32.1. The zero-order valence-electron chi connectivity index (χ0n) is 21.4. The largest absolute Gasteiger partial charge is 0.486 e. The highest BCUT2D eigenvalue weighted by molar-refractivity contribution is 5.78. The summed E-state index contributed by atoms with van der Waals surface area (Å²) < 4.78 is 22.5. The molecule has 0 fully saturated rings. The fraction of sp³-hybridized carbons (Fsp3) is 0.286. The monoisotopic (exact) mass is 503 g/mol. The predicted molar refractivity (Wildman–Crippen MR) is 138 cm³/mol. The molecule has 37 heavy (non-hydrogen) atoms. The first kappa shape index (κ1) is 25.7. The van der Waals surface area contributed by atoms with Crippen LogP contribution in [0.2, 0.25) is 0 Å². The van der Waals surface area contributed by atoms with Crippen molar-refractivity contribution in [1.29, 1.82) is 0 Å². The topological polar surface area (TPSA) is 113 Å². The molecule has 1 N–H and O–H groups in total. The Bertz CT molecular complexity index is 1410. The summed E-state index contributed by atoms with van der Waals surface area (Å²) >= 11 is 0. The number of amides is 1. The number of nitrogens with one attached hydrogen (secondary N) is 1. The van der Waals surface area contributed by atoms with Crippen molar-refractivity contribution < 1.29 is 28.2 Å². The number of benzene rings is 2. The maximum absolute atomic E-state index is 12.1. The lowest BCUT2D eigenvalue weighted by atomic mass is 10.1. The second kappa shape index (κ2) is 10.7. The average molecular weight is 504 g/mol. The highest BCUT2D eigenvalue weighted by Gasteiger charge is 2.19. The van der Waals surface area contributed by atoms with Gasteiger partial charge in [-0.3, -0.25) is 4.79 Å². The molecule has 4 aromatic rings. The molecule has 192 valence electrons. The van der Waals surface area contributed by atoms with E-state index in [9.17, 15) is 9.59 Å². The van der Waals surface area contributed by atoms with Gasteiger partial charge in [-0.2, -0.15) is 0 Å². The molecule has 0 aliphatic carbocycles. The van der Waals surface area contributed by atoms with Gasteiger partial charge >= 0.3 is 6.09 Å². The first-order valence-electron chi connectivity index (χ1n) is 11.8. The van der Waals surface area contributed by atoms with Crippen molar-refractivity contribution in [2.24, 2.45) is 0 Å². The van der Waals surface area contributed by atoms with E-state index < -0.39 is 11.7 Å². The number of carbonyl (C=O) groups excluding carboxylic acids is 2. The van der Waals surface area contributed by atoms with Crippen molar-refractivity contribution >= 4 is 23.0 Å². The number of rotatable bonds is 8. The van der Waals surface area contributed by atoms with Gasteiger partial charge in [0, 0.05) is 18.3 Å². The number of aromatic nitrogens is 2. The molecule has 1 unspecified atom stereocenters. The third-order valence-electron chi connectivity index (χ3n) is 5.10. The Morgan fingerprint density at radius 1 is 1.05 bits per heavy atom. The van der Waals surface area contributed by atoms with Gasteiger partial charge in [0.2, 0.25) is 11.8 Å². The lowest BCUT2D eigenvalue weighted by Crippen LogP contribution is -2.34. The van der Waals surface area contributed by atoms with Crippen LogP contribution in [0, 0.1) is 0 Å². The number of fused-ring (bicyclic) bond motifs is 1. The molecule has 9 heteroatoms. The van der Waals surface area contributed by atoms with Gasteiger partial charge in [-0.15, -0.1) is 0 Å². The van der Waals surface area contributed by atoms with Crippen LogP contribution in [-0.2, 0) is 9.53 Å². The number of nitrogens with zero attached hydrogens (tertiary/aromatic N) is 2. The van der Waals surface area contributed by atoms with Crippen LogP contribution in [0.25, 0.3) is 22.6 Å². The maximum atomic E-state index is 12.1. The van der Waals surface area contributed by atoms with Crippen LogP contribution in [0.15, 0.2) is 65.2 Å². The predicted octanol–water partition coefficient (Wildman–Crippen LogP) is 6.24. The highest BCUT2D eigenvalue weighted by atomic mass is 16.6. The Labute approximate surface area is 214 Å². The number of hydrogen-bond donors (Lipinski definition) is 1. The average Bonchev–Trinajstić information content (AvgIpc) is 3.25. The Balaban J connectivity index is 1.44. The first-order valence-corrected chi connectivity index (χ1v) is 11.8. The summed E-state index contributed by atoms with van der Waals surface area (Å²) in [5.74, 6) is 1.80. The molecule has 2 aromatic heterocycles. The number of ketones is 1. The Hall–Kier alpha value is -4.40. The van der Waals surface area contributed by atoms with Crippen molar-refractivity contribution in [2.45, 2.75) is 46.3 Å². The standard InChI is InChI=1S/C28H29N3O6/c1-17(32)16-34-21-7-6-8-22(14-21)35-25-12-10-20(15-29-25)26-31-23-11-9-19(13-24(23)36-26)18(2)30-27(33)37-28(3,4)5/h6-15,18H,16H2,1-5H3,(H,30,33). The van der Waals surface area contributed by atoms with Crippen molar-refractivity contribution in [2.75, 3.05) is 6.61 Å². The van der Waals surface area contributed by atoms with Gasteiger partial charge in [-0.25, -0.2) is 14.8 Å². The molecule has 4 rings (SSSR count). The fourth-order valence-electron chi connectivity index (χ4n) is 3.40. The lowest BCUT2D eigenvalue weighted by Gasteiger charge is -2.22. The maximum Gasteiger partial charge on any atom is 0.408 e. The van der Waals surface area contributed by atoms with Crippen LogP contribution in [0.4, 0.5) is 4.79 Å². The second-order valence-electron chi connectivity index (χ2n) is 9.57. The summed E-state index contributed by atoms with van der Waals surface area (Å²) in [5.41, 5.74) is 2.25. The summed E-state index contributed by atoms with van der Waals surface area (Å²) in [6.07, 6.45) is 1.13. The quantitative estimate of drug-likeness (QED) is 0.301. The smallest absolute Gasteiger partial charge is 0.408 e. The van der Waals surface area contributed by atoms with Gasteiger partial charge in [0.05, 0.1) is 11.6 Å². The third kappa shape index (κ3) is 7.07. The molecule has 0 saturated heterocycles. The fourth-order valence-corrected chi connectivity index (χ4v) is 3.40. The Morgan fingerprint density at radius 3 is 2.54 bits per heavy atom. The van der Waals surface area contributed by atoms with Crippen molar-refractivity contribution in [3.63, 3.8) is 0 Å². The molecule has 0 radical (unpaired) electrons.